The maximum absolute atomic E-state index is 13.7. The molecular weight excluding hydrogens is 361 g/mol. The lowest BCUT2D eigenvalue weighted by Crippen LogP contribution is -2.27. The molecular formula is C18H15ClFN3O3. The maximum atomic E-state index is 13.7. The zero-order chi connectivity index (χ0) is 18.5. The summed E-state index contributed by atoms with van der Waals surface area (Å²) in [5.74, 6) is 0.107. The highest BCUT2D eigenvalue weighted by Crippen LogP contribution is 2.22. The van der Waals surface area contributed by atoms with E-state index in [2.05, 4.69) is 15.5 Å². The SMILES string of the molecule is COc1cccc(-c2nnc(CCNC(=O)c3c(F)cccc3Cl)o2)c1. The maximum Gasteiger partial charge on any atom is 0.255 e. The molecule has 0 unspecified atom stereocenters. The Hall–Kier alpha value is -2.93. The summed E-state index contributed by atoms with van der Waals surface area (Å²) in [6.07, 6.45) is 0.300. The van der Waals surface area contributed by atoms with E-state index >= 15 is 0 Å². The van der Waals surface area contributed by atoms with E-state index in [1.54, 1.807) is 13.2 Å². The Morgan fingerprint density at radius 2 is 2.08 bits per heavy atom. The van der Waals surface area contributed by atoms with Crippen LogP contribution in [0.3, 0.4) is 0 Å². The first-order valence-corrected chi connectivity index (χ1v) is 8.15. The van der Waals surface area contributed by atoms with Crippen molar-refractivity contribution in [1.29, 1.82) is 0 Å². The van der Waals surface area contributed by atoms with Crippen LogP contribution in [-0.2, 0) is 6.42 Å². The number of nitrogens with zero attached hydrogens (tertiary/aromatic N) is 2. The van der Waals surface area contributed by atoms with Crippen molar-refractivity contribution in [2.24, 2.45) is 0 Å². The van der Waals surface area contributed by atoms with Crippen LogP contribution in [0.4, 0.5) is 4.39 Å². The van der Waals surface area contributed by atoms with E-state index in [9.17, 15) is 9.18 Å². The number of aromatic nitrogens is 2. The second kappa shape index (κ2) is 7.97. The second-order valence-electron chi connectivity index (χ2n) is 5.34. The third-order valence-corrected chi connectivity index (χ3v) is 3.91. The molecule has 0 aliphatic heterocycles. The number of halogens is 2. The first-order valence-electron chi connectivity index (χ1n) is 7.77. The van der Waals surface area contributed by atoms with Gasteiger partial charge >= 0.3 is 0 Å². The smallest absolute Gasteiger partial charge is 0.255 e. The lowest BCUT2D eigenvalue weighted by atomic mass is 10.2. The number of rotatable bonds is 6. The molecule has 134 valence electrons. The van der Waals surface area contributed by atoms with E-state index in [1.165, 1.54) is 18.2 Å². The number of nitrogens with one attached hydrogen (secondary N) is 1. The van der Waals surface area contributed by atoms with Gasteiger partial charge < -0.3 is 14.5 Å². The fourth-order valence-corrected chi connectivity index (χ4v) is 2.56. The quantitative estimate of drug-likeness (QED) is 0.713. The number of ether oxygens (including phenoxy) is 1. The van der Waals surface area contributed by atoms with E-state index in [1.807, 2.05) is 18.2 Å². The zero-order valence-corrected chi connectivity index (χ0v) is 14.6. The van der Waals surface area contributed by atoms with Gasteiger partial charge in [-0.3, -0.25) is 4.79 Å². The van der Waals surface area contributed by atoms with Crippen molar-refractivity contribution >= 4 is 17.5 Å². The van der Waals surface area contributed by atoms with Crippen LogP contribution in [-0.4, -0.2) is 29.8 Å². The Balaban J connectivity index is 1.61. The number of carbonyl (C=O) groups is 1. The minimum Gasteiger partial charge on any atom is -0.497 e. The van der Waals surface area contributed by atoms with Gasteiger partial charge in [0.25, 0.3) is 5.91 Å². The molecule has 2 aromatic carbocycles. The Bertz CT molecular complexity index is 909. The highest BCUT2D eigenvalue weighted by Gasteiger charge is 2.16. The molecule has 0 atom stereocenters. The molecule has 1 amide bonds. The Labute approximate surface area is 154 Å². The van der Waals surface area contributed by atoms with Crippen molar-refractivity contribution in [2.45, 2.75) is 6.42 Å². The Morgan fingerprint density at radius 1 is 1.27 bits per heavy atom. The summed E-state index contributed by atoms with van der Waals surface area (Å²) in [6, 6.07) is 11.3. The van der Waals surface area contributed by atoms with Crippen LogP contribution >= 0.6 is 11.6 Å². The molecule has 0 aliphatic rings. The van der Waals surface area contributed by atoms with E-state index < -0.39 is 11.7 Å². The zero-order valence-electron chi connectivity index (χ0n) is 13.8. The molecule has 26 heavy (non-hydrogen) atoms. The molecule has 0 saturated carbocycles. The van der Waals surface area contributed by atoms with E-state index in [4.69, 9.17) is 20.8 Å². The van der Waals surface area contributed by atoms with Crippen LogP contribution in [0, 0.1) is 5.82 Å². The molecule has 3 rings (SSSR count). The summed E-state index contributed by atoms with van der Waals surface area (Å²) in [5.41, 5.74) is 0.544. The number of hydrogen-bond donors (Lipinski definition) is 1. The molecule has 0 radical (unpaired) electrons. The minimum absolute atomic E-state index is 0.0561. The first-order chi connectivity index (χ1) is 12.6. The van der Waals surface area contributed by atoms with Gasteiger partial charge in [-0.25, -0.2) is 4.39 Å². The third kappa shape index (κ3) is 4.00. The summed E-state index contributed by atoms with van der Waals surface area (Å²) in [6.45, 7) is 0.198. The lowest BCUT2D eigenvalue weighted by molar-refractivity contribution is 0.0950. The predicted octanol–water partition coefficient (Wildman–Crippen LogP) is 3.51. The van der Waals surface area contributed by atoms with Crippen molar-refractivity contribution < 1.29 is 18.3 Å². The molecule has 0 fully saturated rings. The minimum atomic E-state index is -0.673. The average Bonchev–Trinajstić information content (AvgIpc) is 3.10. The number of hydrogen-bond acceptors (Lipinski definition) is 5. The Morgan fingerprint density at radius 3 is 2.85 bits per heavy atom. The largest absolute Gasteiger partial charge is 0.497 e. The van der Waals surface area contributed by atoms with Crippen molar-refractivity contribution in [3.63, 3.8) is 0 Å². The molecule has 8 heteroatoms. The molecule has 1 heterocycles. The summed E-state index contributed by atoms with van der Waals surface area (Å²) in [7, 11) is 1.57. The lowest BCUT2D eigenvalue weighted by Gasteiger charge is -2.06. The monoisotopic (exact) mass is 375 g/mol. The summed E-state index contributed by atoms with van der Waals surface area (Å²) < 4.78 is 24.4. The summed E-state index contributed by atoms with van der Waals surface area (Å²) in [5, 5.41) is 10.6. The van der Waals surface area contributed by atoms with E-state index in [0.717, 1.165) is 5.56 Å². The highest BCUT2D eigenvalue weighted by molar-refractivity contribution is 6.33. The highest BCUT2D eigenvalue weighted by atomic mass is 35.5. The number of carbonyl (C=O) groups excluding carboxylic acids is 1. The van der Waals surface area contributed by atoms with Crippen LogP contribution in [0.5, 0.6) is 5.75 Å². The number of amides is 1. The van der Waals surface area contributed by atoms with Crippen LogP contribution in [0.1, 0.15) is 16.2 Å². The van der Waals surface area contributed by atoms with Crippen LogP contribution in [0.2, 0.25) is 5.02 Å². The molecule has 0 spiro atoms. The van der Waals surface area contributed by atoms with E-state index in [-0.39, 0.29) is 17.1 Å². The van der Waals surface area contributed by atoms with Gasteiger partial charge in [-0.15, -0.1) is 10.2 Å². The fraction of sp³-hybridized carbons (Fsp3) is 0.167. The molecule has 1 N–H and O–H groups in total. The molecule has 0 saturated heterocycles. The second-order valence-corrected chi connectivity index (χ2v) is 5.74. The molecule has 0 bridgehead atoms. The molecule has 6 nitrogen and oxygen atoms in total. The number of benzene rings is 2. The normalized spacial score (nSPS) is 10.6. The average molecular weight is 376 g/mol. The third-order valence-electron chi connectivity index (χ3n) is 3.60. The van der Waals surface area contributed by atoms with Gasteiger partial charge in [0, 0.05) is 18.5 Å². The number of methoxy groups -OCH3 is 1. The van der Waals surface area contributed by atoms with Gasteiger partial charge in [0.05, 0.1) is 17.7 Å². The van der Waals surface area contributed by atoms with Gasteiger partial charge in [-0.2, -0.15) is 0 Å². The topological polar surface area (TPSA) is 77.3 Å². The summed E-state index contributed by atoms with van der Waals surface area (Å²) in [4.78, 5) is 12.1. The molecule has 1 aromatic heterocycles. The summed E-state index contributed by atoms with van der Waals surface area (Å²) >= 11 is 5.86. The van der Waals surface area contributed by atoms with Gasteiger partial charge in [-0.05, 0) is 30.3 Å². The van der Waals surface area contributed by atoms with Gasteiger partial charge in [0.2, 0.25) is 11.8 Å². The first kappa shape index (κ1) is 17.9. The van der Waals surface area contributed by atoms with Crippen molar-refractivity contribution in [2.75, 3.05) is 13.7 Å². The molecule has 0 aliphatic carbocycles. The van der Waals surface area contributed by atoms with Gasteiger partial charge in [0.15, 0.2) is 0 Å². The van der Waals surface area contributed by atoms with Crippen LogP contribution in [0.15, 0.2) is 46.9 Å². The van der Waals surface area contributed by atoms with Crippen LogP contribution < -0.4 is 10.1 Å². The van der Waals surface area contributed by atoms with Crippen molar-refractivity contribution in [3.05, 3.63) is 64.8 Å². The Kier molecular flexibility index (Phi) is 5.48. The fourth-order valence-electron chi connectivity index (χ4n) is 2.31. The predicted molar refractivity (Wildman–Crippen MR) is 93.7 cm³/mol. The standard InChI is InChI=1S/C18H15ClFN3O3/c1-25-12-5-2-4-11(10-12)18-23-22-15(26-18)8-9-21-17(24)16-13(19)6-3-7-14(16)20/h2-7,10H,8-9H2,1H3,(H,21,24). The van der Waals surface area contributed by atoms with Crippen LogP contribution in [0.25, 0.3) is 11.5 Å². The van der Waals surface area contributed by atoms with Crippen molar-refractivity contribution in [3.8, 4) is 17.2 Å². The van der Waals surface area contributed by atoms with Gasteiger partial charge in [0.1, 0.15) is 11.6 Å². The molecule has 3 aromatic rings. The van der Waals surface area contributed by atoms with Gasteiger partial charge in [-0.1, -0.05) is 23.7 Å². The van der Waals surface area contributed by atoms with Crippen molar-refractivity contribution in [1.82, 2.24) is 15.5 Å². The van der Waals surface area contributed by atoms with E-state index in [0.29, 0.717) is 24.0 Å².